The van der Waals surface area contributed by atoms with Crippen LogP contribution in [0.5, 0.6) is 5.75 Å². The van der Waals surface area contributed by atoms with Crippen molar-refractivity contribution in [3.63, 3.8) is 0 Å². The maximum absolute atomic E-state index is 12.6. The van der Waals surface area contributed by atoms with Crippen LogP contribution in [0.4, 0.5) is 11.5 Å². The molecule has 0 saturated heterocycles. The monoisotopic (exact) mass is 386 g/mol. The number of nitrogens with zero attached hydrogens (tertiary/aromatic N) is 2. The number of nitrogen functional groups attached to an aromatic ring is 1. The van der Waals surface area contributed by atoms with Crippen LogP contribution in [0, 0.1) is 0 Å². The third-order valence-electron chi connectivity index (χ3n) is 5.09. The Morgan fingerprint density at radius 2 is 2.04 bits per heavy atom. The molecule has 3 N–H and O–H groups in total. The number of hydrogen-bond acceptors (Lipinski definition) is 5. The van der Waals surface area contributed by atoms with Crippen molar-refractivity contribution in [3.05, 3.63) is 50.2 Å². The van der Waals surface area contributed by atoms with Crippen molar-refractivity contribution in [1.82, 2.24) is 9.55 Å². The van der Waals surface area contributed by atoms with Crippen LogP contribution in [0.1, 0.15) is 37.3 Å². The lowest BCUT2D eigenvalue weighted by Gasteiger charge is -2.20. The van der Waals surface area contributed by atoms with Gasteiger partial charge in [0.15, 0.2) is 12.3 Å². The van der Waals surface area contributed by atoms with E-state index in [0.29, 0.717) is 12.3 Å². The van der Waals surface area contributed by atoms with E-state index in [2.05, 4.69) is 4.98 Å². The summed E-state index contributed by atoms with van der Waals surface area (Å²) in [5.74, 6) is 0.172. The highest BCUT2D eigenvalue weighted by Gasteiger charge is 2.21. The summed E-state index contributed by atoms with van der Waals surface area (Å²) in [5, 5.41) is 0. The molecule has 8 nitrogen and oxygen atoms in total. The number of anilines is 2. The molecule has 1 heterocycles. The molecule has 1 aliphatic rings. The Balaban J connectivity index is 1.75. The SMILES string of the molecule is CCCCn1c(N)c(N(C)C(=O)COc2ccc3c(c2)CCC3)c(=O)[nH]c1=O. The smallest absolute Gasteiger partial charge is 0.330 e. The summed E-state index contributed by atoms with van der Waals surface area (Å²) in [7, 11) is 1.45. The second-order valence-electron chi connectivity index (χ2n) is 7.02. The summed E-state index contributed by atoms with van der Waals surface area (Å²) in [6.07, 6.45) is 4.83. The highest BCUT2D eigenvalue weighted by atomic mass is 16.5. The van der Waals surface area contributed by atoms with Crippen molar-refractivity contribution < 1.29 is 9.53 Å². The number of aryl methyl sites for hydroxylation is 2. The molecule has 1 aromatic heterocycles. The molecule has 28 heavy (non-hydrogen) atoms. The number of ether oxygens (including phenoxy) is 1. The summed E-state index contributed by atoms with van der Waals surface area (Å²) >= 11 is 0. The molecule has 8 heteroatoms. The van der Waals surface area contributed by atoms with Gasteiger partial charge in [0.1, 0.15) is 11.6 Å². The normalized spacial score (nSPS) is 12.6. The second-order valence-corrected chi connectivity index (χ2v) is 7.02. The average molecular weight is 386 g/mol. The molecule has 0 atom stereocenters. The summed E-state index contributed by atoms with van der Waals surface area (Å²) < 4.78 is 6.90. The number of nitrogens with two attached hydrogens (primary N) is 1. The number of likely N-dealkylation sites (N-methyl/N-ethyl adjacent to an activating group) is 1. The molecule has 0 aliphatic heterocycles. The van der Waals surface area contributed by atoms with Crippen molar-refractivity contribution in [1.29, 1.82) is 0 Å². The average Bonchev–Trinajstić information content (AvgIpc) is 3.13. The lowest BCUT2D eigenvalue weighted by Crippen LogP contribution is -2.40. The van der Waals surface area contributed by atoms with Gasteiger partial charge in [-0.25, -0.2) is 4.79 Å². The standard InChI is InChI=1S/C20H26N4O4/c1-3-4-10-24-18(21)17(19(26)22-20(24)27)23(2)16(25)12-28-15-9-8-13-6-5-7-14(13)11-15/h8-9,11H,3-7,10,12,21H2,1-2H3,(H,22,26,27). The van der Waals surface area contributed by atoms with Crippen LogP contribution in [0.25, 0.3) is 0 Å². The first-order chi connectivity index (χ1) is 13.4. The molecule has 3 rings (SSSR count). The Kier molecular flexibility index (Phi) is 5.87. The Morgan fingerprint density at radius 3 is 2.79 bits per heavy atom. The first-order valence-corrected chi connectivity index (χ1v) is 9.56. The van der Waals surface area contributed by atoms with Gasteiger partial charge in [0.25, 0.3) is 11.5 Å². The van der Waals surface area contributed by atoms with Crippen LogP contribution in [0.15, 0.2) is 27.8 Å². The quantitative estimate of drug-likeness (QED) is 0.748. The lowest BCUT2D eigenvalue weighted by molar-refractivity contribution is -0.120. The van der Waals surface area contributed by atoms with Gasteiger partial charge in [-0.05, 0) is 48.9 Å². The van der Waals surface area contributed by atoms with Crippen LogP contribution in [0.3, 0.4) is 0 Å². The van der Waals surface area contributed by atoms with Gasteiger partial charge >= 0.3 is 5.69 Å². The number of aromatic nitrogens is 2. The number of nitrogens with one attached hydrogen (secondary N) is 1. The molecule has 0 radical (unpaired) electrons. The van der Waals surface area contributed by atoms with E-state index in [4.69, 9.17) is 10.5 Å². The molecule has 0 unspecified atom stereocenters. The molecular weight excluding hydrogens is 360 g/mol. The number of aromatic amines is 1. The molecule has 0 bridgehead atoms. The maximum Gasteiger partial charge on any atom is 0.330 e. The fourth-order valence-corrected chi connectivity index (χ4v) is 3.44. The van der Waals surface area contributed by atoms with E-state index in [0.717, 1.165) is 37.0 Å². The van der Waals surface area contributed by atoms with Crippen LogP contribution in [-0.2, 0) is 24.2 Å². The zero-order chi connectivity index (χ0) is 20.3. The topological polar surface area (TPSA) is 110 Å². The molecule has 2 aromatic rings. The third-order valence-corrected chi connectivity index (χ3v) is 5.09. The van der Waals surface area contributed by atoms with Crippen LogP contribution in [-0.4, -0.2) is 29.1 Å². The van der Waals surface area contributed by atoms with Gasteiger partial charge in [-0.2, -0.15) is 0 Å². The van der Waals surface area contributed by atoms with E-state index in [1.54, 1.807) is 0 Å². The largest absolute Gasteiger partial charge is 0.484 e. The van der Waals surface area contributed by atoms with E-state index >= 15 is 0 Å². The second kappa shape index (κ2) is 8.33. The Labute approximate surface area is 162 Å². The summed E-state index contributed by atoms with van der Waals surface area (Å²) in [6.45, 7) is 2.13. The van der Waals surface area contributed by atoms with Crippen LogP contribution in [0.2, 0.25) is 0 Å². The minimum atomic E-state index is -0.691. The van der Waals surface area contributed by atoms with Gasteiger partial charge in [-0.1, -0.05) is 19.4 Å². The van der Waals surface area contributed by atoms with Crippen LogP contribution >= 0.6 is 0 Å². The van der Waals surface area contributed by atoms with E-state index in [1.807, 2.05) is 25.1 Å². The number of H-pyrrole nitrogens is 1. The highest BCUT2D eigenvalue weighted by Crippen LogP contribution is 2.26. The van der Waals surface area contributed by atoms with Crippen LogP contribution < -0.4 is 26.6 Å². The van der Waals surface area contributed by atoms with Gasteiger partial charge in [-0.15, -0.1) is 0 Å². The van der Waals surface area contributed by atoms with Gasteiger partial charge < -0.3 is 15.4 Å². The van der Waals surface area contributed by atoms with Crippen molar-refractivity contribution in [2.75, 3.05) is 24.3 Å². The van der Waals surface area contributed by atoms with Gasteiger partial charge in [0, 0.05) is 13.6 Å². The van der Waals surface area contributed by atoms with Crippen molar-refractivity contribution in [2.24, 2.45) is 0 Å². The zero-order valence-corrected chi connectivity index (χ0v) is 16.3. The number of carbonyl (C=O) groups excluding carboxylic acids is 1. The number of carbonyl (C=O) groups is 1. The molecule has 1 aliphatic carbocycles. The minimum absolute atomic E-state index is 0.0180. The molecule has 0 spiro atoms. The highest BCUT2D eigenvalue weighted by molar-refractivity contribution is 5.96. The molecule has 150 valence electrons. The third kappa shape index (κ3) is 3.95. The summed E-state index contributed by atoms with van der Waals surface area (Å²) in [5.41, 5.74) is 7.31. The maximum atomic E-state index is 12.6. The fourth-order valence-electron chi connectivity index (χ4n) is 3.44. The number of hydrogen-bond donors (Lipinski definition) is 2. The molecule has 1 amide bonds. The number of unbranched alkanes of at least 4 members (excludes halogenated alkanes) is 1. The van der Waals surface area contributed by atoms with E-state index < -0.39 is 17.2 Å². The number of fused-ring (bicyclic) bond motifs is 1. The van der Waals surface area contributed by atoms with Gasteiger partial charge in [0.2, 0.25) is 0 Å². The number of benzene rings is 1. The number of amides is 1. The predicted molar refractivity (Wildman–Crippen MR) is 108 cm³/mol. The Bertz CT molecular complexity index is 993. The lowest BCUT2D eigenvalue weighted by atomic mass is 10.1. The molecule has 0 saturated carbocycles. The van der Waals surface area contributed by atoms with Gasteiger partial charge in [-0.3, -0.25) is 19.1 Å². The predicted octanol–water partition coefficient (Wildman–Crippen LogP) is 1.45. The van der Waals surface area contributed by atoms with E-state index in [9.17, 15) is 14.4 Å². The van der Waals surface area contributed by atoms with E-state index in [1.165, 1.54) is 22.7 Å². The molecular formula is C20H26N4O4. The Morgan fingerprint density at radius 1 is 1.29 bits per heavy atom. The number of rotatable bonds is 7. The first-order valence-electron chi connectivity index (χ1n) is 9.56. The van der Waals surface area contributed by atoms with Gasteiger partial charge in [0.05, 0.1) is 0 Å². The summed E-state index contributed by atoms with van der Waals surface area (Å²) in [4.78, 5) is 40.2. The van der Waals surface area contributed by atoms with Crippen molar-refractivity contribution in [3.8, 4) is 5.75 Å². The van der Waals surface area contributed by atoms with E-state index in [-0.39, 0.29) is 18.1 Å². The minimum Gasteiger partial charge on any atom is -0.484 e. The molecule has 0 fully saturated rings. The molecule has 1 aromatic carbocycles. The summed E-state index contributed by atoms with van der Waals surface area (Å²) in [6, 6.07) is 5.84. The Hall–Kier alpha value is -3.03. The zero-order valence-electron chi connectivity index (χ0n) is 16.3. The fraction of sp³-hybridized carbons (Fsp3) is 0.450. The first kappa shape index (κ1) is 19.7. The van der Waals surface area contributed by atoms with Crippen molar-refractivity contribution in [2.45, 2.75) is 45.6 Å². The van der Waals surface area contributed by atoms with Crippen molar-refractivity contribution >= 4 is 17.4 Å².